The number of nitrogens with zero attached hydrogens (tertiary/aromatic N) is 1. The Balaban J connectivity index is 2.62. The van der Waals surface area contributed by atoms with Gasteiger partial charge in [0.25, 0.3) is 0 Å². The Kier molecular flexibility index (Phi) is 6.04. The van der Waals surface area contributed by atoms with Gasteiger partial charge < -0.3 is 10.1 Å². The highest BCUT2D eigenvalue weighted by atomic mass is 16.5. The van der Waals surface area contributed by atoms with Crippen molar-refractivity contribution in [3.8, 4) is 0 Å². The van der Waals surface area contributed by atoms with Crippen LogP contribution in [0.5, 0.6) is 0 Å². The van der Waals surface area contributed by atoms with Crippen molar-refractivity contribution in [1.82, 2.24) is 10.3 Å². The van der Waals surface area contributed by atoms with E-state index in [9.17, 15) is 0 Å². The molecular formula is C13H22N2O. The van der Waals surface area contributed by atoms with Gasteiger partial charge in [0.2, 0.25) is 0 Å². The SMILES string of the molecule is CCCNC(CCOC)c1ccc(C)nc1. The highest BCUT2D eigenvalue weighted by molar-refractivity contribution is 5.17. The molecule has 1 rings (SSSR count). The van der Waals surface area contributed by atoms with E-state index < -0.39 is 0 Å². The summed E-state index contributed by atoms with van der Waals surface area (Å²) in [5, 5.41) is 3.52. The Labute approximate surface area is 98.2 Å². The van der Waals surface area contributed by atoms with Crippen molar-refractivity contribution in [2.24, 2.45) is 0 Å². The fourth-order valence-electron chi connectivity index (χ4n) is 1.63. The second-order valence-corrected chi connectivity index (χ2v) is 4.02. The van der Waals surface area contributed by atoms with Gasteiger partial charge in [-0.25, -0.2) is 0 Å². The summed E-state index contributed by atoms with van der Waals surface area (Å²) in [6.07, 6.45) is 4.09. The molecule has 0 saturated carbocycles. The number of methoxy groups -OCH3 is 1. The maximum Gasteiger partial charge on any atom is 0.0480 e. The van der Waals surface area contributed by atoms with Crippen molar-refractivity contribution in [2.75, 3.05) is 20.3 Å². The minimum Gasteiger partial charge on any atom is -0.385 e. The highest BCUT2D eigenvalue weighted by Gasteiger charge is 2.10. The lowest BCUT2D eigenvalue weighted by Gasteiger charge is -2.18. The summed E-state index contributed by atoms with van der Waals surface area (Å²) >= 11 is 0. The maximum atomic E-state index is 5.14. The predicted molar refractivity (Wildman–Crippen MR) is 66.5 cm³/mol. The van der Waals surface area contributed by atoms with Crippen LogP contribution in [0.3, 0.4) is 0 Å². The van der Waals surface area contributed by atoms with E-state index in [0.29, 0.717) is 6.04 Å². The molecule has 0 amide bonds. The molecule has 0 spiro atoms. The van der Waals surface area contributed by atoms with Crippen molar-refractivity contribution in [3.05, 3.63) is 29.6 Å². The molecule has 90 valence electrons. The van der Waals surface area contributed by atoms with Crippen LogP contribution in [0, 0.1) is 6.92 Å². The lowest BCUT2D eigenvalue weighted by atomic mass is 10.1. The number of hydrogen-bond donors (Lipinski definition) is 1. The van der Waals surface area contributed by atoms with Gasteiger partial charge in [0.05, 0.1) is 0 Å². The summed E-state index contributed by atoms with van der Waals surface area (Å²) in [4.78, 5) is 4.34. The Morgan fingerprint density at radius 3 is 2.81 bits per heavy atom. The molecule has 1 heterocycles. The van der Waals surface area contributed by atoms with Gasteiger partial charge in [0.1, 0.15) is 0 Å². The van der Waals surface area contributed by atoms with Gasteiger partial charge in [-0.15, -0.1) is 0 Å². The number of ether oxygens (including phenoxy) is 1. The molecule has 0 saturated heterocycles. The number of nitrogens with one attached hydrogen (secondary N) is 1. The first-order valence-electron chi connectivity index (χ1n) is 5.92. The van der Waals surface area contributed by atoms with Gasteiger partial charge in [-0.1, -0.05) is 13.0 Å². The van der Waals surface area contributed by atoms with Gasteiger partial charge in [-0.05, 0) is 37.9 Å². The highest BCUT2D eigenvalue weighted by Crippen LogP contribution is 2.16. The Morgan fingerprint density at radius 1 is 1.44 bits per heavy atom. The zero-order chi connectivity index (χ0) is 11.8. The van der Waals surface area contributed by atoms with Crippen LogP contribution >= 0.6 is 0 Å². The Hall–Kier alpha value is -0.930. The van der Waals surface area contributed by atoms with Crippen molar-refractivity contribution < 1.29 is 4.74 Å². The monoisotopic (exact) mass is 222 g/mol. The van der Waals surface area contributed by atoms with Crippen LogP contribution in [0.2, 0.25) is 0 Å². The molecule has 1 unspecified atom stereocenters. The van der Waals surface area contributed by atoms with Crippen LogP contribution in [0.25, 0.3) is 0 Å². The summed E-state index contributed by atoms with van der Waals surface area (Å²) < 4.78 is 5.14. The van der Waals surface area contributed by atoms with Crippen LogP contribution in [0.1, 0.15) is 37.1 Å². The topological polar surface area (TPSA) is 34.1 Å². The molecule has 0 aliphatic heterocycles. The second kappa shape index (κ2) is 7.36. The van der Waals surface area contributed by atoms with Crippen LogP contribution in [0.4, 0.5) is 0 Å². The average Bonchev–Trinajstić information content (AvgIpc) is 2.31. The van der Waals surface area contributed by atoms with Gasteiger partial charge in [-0.2, -0.15) is 0 Å². The van der Waals surface area contributed by atoms with Gasteiger partial charge in [0, 0.05) is 31.6 Å². The first kappa shape index (κ1) is 13.1. The summed E-state index contributed by atoms with van der Waals surface area (Å²) in [7, 11) is 1.74. The van der Waals surface area contributed by atoms with Crippen LogP contribution < -0.4 is 5.32 Å². The van der Waals surface area contributed by atoms with E-state index in [2.05, 4.69) is 29.4 Å². The number of hydrogen-bond acceptors (Lipinski definition) is 3. The van der Waals surface area contributed by atoms with Crippen molar-refractivity contribution >= 4 is 0 Å². The van der Waals surface area contributed by atoms with E-state index in [1.54, 1.807) is 7.11 Å². The fourth-order valence-corrected chi connectivity index (χ4v) is 1.63. The molecule has 3 nitrogen and oxygen atoms in total. The summed E-state index contributed by atoms with van der Waals surface area (Å²) in [5.74, 6) is 0. The first-order chi connectivity index (χ1) is 7.77. The van der Waals surface area contributed by atoms with Crippen LogP contribution in [-0.2, 0) is 4.74 Å². The normalized spacial score (nSPS) is 12.7. The van der Waals surface area contributed by atoms with E-state index in [1.165, 1.54) is 5.56 Å². The minimum absolute atomic E-state index is 0.355. The van der Waals surface area contributed by atoms with Crippen molar-refractivity contribution in [2.45, 2.75) is 32.7 Å². The molecule has 0 fully saturated rings. The molecule has 1 aromatic heterocycles. The van der Waals surface area contributed by atoms with E-state index in [4.69, 9.17) is 4.74 Å². The summed E-state index contributed by atoms with van der Waals surface area (Å²) in [6.45, 7) is 5.98. The quantitative estimate of drug-likeness (QED) is 0.769. The molecule has 0 bridgehead atoms. The molecule has 0 aliphatic rings. The largest absolute Gasteiger partial charge is 0.385 e. The molecule has 3 heteroatoms. The molecule has 1 atom stereocenters. The summed E-state index contributed by atoms with van der Waals surface area (Å²) in [6, 6.07) is 4.56. The fraction of sp³-hybridized carbons (Fsp3) is 0.615. The summed E-state index contributed by atoms with van der Waals surface area (Å²) in [5.41, 5.74) is 2.31. The molecular weight excluding hydrogens is 200 g/mol. The molecule has 1 N–H and O–H groups in total. The van der Waals surface area contributed by atoms with E-state index >= 15 is 0 Å². The van der Waals surface area contributed by atoms with Crippen molar-refractivity contribution in [1.29, 1.82) is 0 Å². The molecule has 0 aromatic carbocycles. The number of aryl methyl sites for hydroxylation is 1. The van der Waals surface area contributed by atoms with Gasteiger partial charge in [-0.3, -0.25) is 4.98 Å². The van der Waals surface area contributed by atoms with E-state index in [1.807, 2.05) is 13.1 Å². The smallest absolute Gasteiger partial charge is 0.0480 e. The third-order valence-electron chi connectivity index (χ3n) is 2.59. The van der Waals surface area contributed by atoms with Crippen LogP contribution in [0.15, 0.2) is 18.3 Å². The zero-order valence-electron chi connectivity index (χ0n) is 10.5. The first-order valence-corrected chi connectivity index (χ1v) is 5.92. The van der Waals surface area contributed by atoms with Crippen molar-refractivity contribution in [3.63, 3.8) is 0 Å². The number of rotatable bonds is 7. The minimum atomic E-state index is 0.355. The Bertz CT molecular complexity index is 276. The third kappa shape index (κ3) is 4.29. The van der Waals surface area contributed by atoms with E-state index in [0.717, 1.165) is 31.7 Å². The second-order valence-electron chi connectivity index (χ2n) is 4.02. The number of aromatic nitrogens is 1. The van der Waals surface area contributed by atoms with E-state index in [-0.39, 0.29) is 0 Å². The zero-order valence-corrected chi connectivity index (χ0v) is 10.5. The molecule has 1 aromatic rings. The van der Waals surface area contributed by atoms with Gasteiger partial charge in [0.15, 0.2) is 0 Å². The lowest BCUT2D eigenvalue weighted by molar-refractivity contribution is 0.183. The molecule has 0 aliphatic carbocycles. The third-order valence-corrected chi connectivity index (χ3v) is 2.59. The lowest BCUT2D eigenvalue weighted by Crippen LogP contribution is -2.23. The maximum absolute atomic E-state index is 5.14. The molecule has 0 radical (unpaired) electrons. The number of pyridine rings is 1. The standard InChI is InChI=1S/C13H22N2O/c1-4-8-14-13(7-9-16-3)12-6-5-11(2)15-10-12/h5-6,10,13-14H,4,7-9H2,1-3H3. The van der Waals surface area contributed by atoms with Gasteiger partial charge >= 0.3 is 0 Å². The van der Waals surface area contributed by atoms with Crippen LogP contribution in [-0.4, -0.2) is 25.2 Å². The average molecular weight is 222 g/mol. The predicted octanol–water partition coefficient (Wildman–Crippen LogP) is 2.47. The Morgan fingerprint density at radius 2 is 2.25 bits per heavy atom. The molecule has 16 heavy (non-hydrogen) atoms.